The van der Waals surface area contributed by atoms with Gasteiger partial charge in [0.1, 0.15) is 0 Å². The van der Waals surface area contributed by atoms with Crippen molar-refractivity contribution in [3.05, 3.63) is 29.8 Å². The average Bonchev–Trinajstić information content (AvgIpc) is 3.21. The minimum Gasteiger partial charge on any atom is -0.352 e. The molecule has 2 amide bonds. The van der Waals surface area contributed by atoms with Gasteiger partial charge in [0.05, 0.1) is 0 Å². The molecule has 1 aromatic carbocycles. The predicted molar refractivity (Wildman–Crippen MR) is 83.2 cm³/mol. The number of amides is 2. The molecule has 0 heterocycles. The number of carbonyl (C=O) groups is 2. The van der Waals surface area contributed by atoms with E-state index < -0.39 is 0 Å². The van der Waals surface area contributed by atoms with E-state index in [4.69, 9.17) is 0 Å². The van der Waals surface area contributed by atoms with E-state index in [1.807, 2.05) is 7.05 Å². The van der Waals surface area contributed by atoms with Gasteiger partial charge in [-0.05, 0) is 56.6 Å². The van der Waals surface area contributed by atoms with Crippen molar-refractivity contribution < 1.29 is 9.59 Å². The van der Waals surface area contributed by atoms with Crippen LogP contribution in [0.3, 0.4) is 0 Å². The Morgan fingerprint density at radius 3 is 2.43 bits per heavy atom. The number of carbonyl (C=O) groups excluding carboxylic acids is 2. The van der Waals surface area contributed by atoms with E-state index in [-0.39, 0.29) is 17.7 Å². The number of nitrogens with one attached hydrogen (secondary N) is 3. The summed E-state index contributed by atoms with van der Waals surface area (Å²) >= 11 is 0. The fourth-order valence-electron chi connectivity index (χ4n) is 2.20. The number of hydrogen-bond donors (Lipinski definition) is 3. The molecule has 21 heavy (non-hydrogen) atoms. The largest absolute Gasteiger partial charge is 0.352 e. The Balaban J connectivity index is 1.80. The second-order valence-electron chi connectivity index (χ2n) is 5.60. The number of hydrogen-bond acceptors (Lipinski definition) is 3. The lowest BCUT2D eigenvalue weighted by Gasteiger charge is -2.07. The number of anilines is 1. The smallest absolute Gasteiger partial charge is 0.251 e. The molecule has 1 saturated carbocycles. The minimum atomic E-state index is -0.0835. The number of rotatable bonds is 7. The zero-order chi connectivity index (χ0) is 15.2. The molecule has 1 aliphatic rings. The van der Waals surface area contributed by atoms with Crippen molar-refractivity contribution in [1.29, 1.82) is 0 Å². The van der Waals surface area contributed by atoms with Gasteiger partial charge in [0.15, 0.2) is 0 Å². The molecule has 2 unspecified atom stereocenters. The highest BCUT2D eigenvalue weighted by molar-refractivity contribution is 5.96. The third-order valence-electron chi connectivity index (χ3n) is 3.75. The Labute approximate surface area is 125 Å². The summed E-state index contributed by atoms with van der Waals surface area (Å²) in [5, 5.41) is 8.78. The Morgan fingerprint density at radius 1 is 1.19 bits per heavy atom. The predicted octanol–water partition coefficient (Wildman–Crippen LogP) is 1.62. The van der Waals surface area contributed by atoms with Crippen LogP contribution < -0.4 is 16.0 Å². The van der Waals surface area contributed by atoms with Gasteiger partial charge in [-0.1, -0.05) is 6.92 Å². The molecular formula is C16H23N3O2. The molecule has 0 saturated heterocycles. The lowest BCUT2D eigenvalue weighted by molar-refractivity contribution is -0.117. The highest BCUT2D eigenvalue weighted by atomic mass is 16.2. The Kier molecular flexibility index (Phi) is 5.33. The molecule has 3 N–H and O–H groups in total. The van der Waals surface area contributed by atoms with Crippen LogP contribution in [0.2, 0.25) is 0 Å². The highest BCUT2D eigenvalue weighted by Gasteiger charge is 2.38. The molecule has 0 spiro atoms. The molecule has 1 fully saturated rings. The van der Waals surface area contributed by atoms with Crippen LogP contribution in [0.5, 0.6) is 0 Å². The van der Waals surface area contributed by atoms with E-state index in [0.29, 0.717) is 18.0 Å². The molecule has 2 rings (SSSR count). The molecule has 0 aromatic heterocycles. The normalized spacial score (nSPS) is 19.9. The summed E-state index contributed by atoms with van der Waals surface area (Å²) in [4.78, 5) is 23.7. The minimum absolute atomic E-state index is 0.0757. The molecule has 0 radical (unpaired) electrons. The van der Waals surface area contributed by atoms with Crippen molar-refractivity contribution in [1.82, 2.24) is 10.6 Å². The first-order valence-corrected chi connectivity index (χ1v) is 7.45. The van der Waals surface area contributed by atoms with E-state index in [0.717, 1.165) is 25.1 Å². The quantitative estimate of drug-likeness (QED) is 0.668. The lowest BCUT2D eigenvalue weighted by atomic mass is 10.2. The Hall–Kier alpha value is -1.88. The SMILES string of the molecule is CNCCCNC(=O)c1ccc(NC(=O)C2CC2C)cc1. The summed E-state index contributed by atoms with van der Waals surface area (Å²) in [5.41, 5.74) is 1.35. The maximum Gasteiger partial charge on any atom is 0.251 e. The van der Waals surface area contributed by atoms with Crippen molar-refractivity contribution >= 4 is 17.5 Å². The van der Waals surface area contributed by atoms with Gasteiger partial charge in [-0.2, -0.15) is 0 Å². The molecule has 0 aliphatic heterocycles. The molecule has 2 atom stereocenters. The summed E-state index contributed by atoms with van der Waals surface area (Å²) in [5.74, 6) is 0.638. The lowest BCUT2D eigenvalue weighted by Crippen LogP contribution is -2.26. The van der Waals surface area contributed by atoms with Crippen LogP contribution in [0.1, 0.15) is 30.1 Å². The zero-order valence-electron chi connectivity index (χ0n) is 12.6. The van der Waals surface area contributed by atoms with Gasteiger partial charge < -0.3 is 16.0 Å². The van der Waals surface area contributed by atoms with Gasteiger partial charge in [0, 0.05) is 23.7 Å². The highest BCUT2D eigenvalue weighted by Crippen LogP contribution is 2.38. The summed E-state index contributed by atoms with van der Waals surface area (Å²) < 4.78 is 0. The zero-order valence-corrected chi connectivity index (χ0v) is 12.6. The Bertz CT molecular complexity index is 499. The monoisotopic (exact) mass is 289 g/mol. The van der Waals surface area contributed by atoms with E-state index in [9.17, 15) is 9.59 Å². The molecule has 5 heteroatoms. The van der Waals surface area contributed by atoms with Crippen molar-refractivity contribution in [2.45, 2.75) is 19.8 Å². The second-order valence-corrected chi connectivity index (χ2v) is 5.60. The molecule has 114 valence electrons. The van der Waals surface area contributed by atoms with Crippen LogP contribution in [0.25, 0.3) is 0 Å². The molecule has 0 bridgehead atoms. The first kappa shape index (κ1) is 15.5. The summed E-state index contributed by atoms with van der Waals surface area (Å²) in [6, 6.07) is 7.01. The average molecular weight is 289 g/mol. The summed E-state index contributed by atoms with van der Waals surface area (Å²) in [7, 11) is 1.89. The fourth-order valence-corrected chi connectivity index (χ4v) is 2.20. The van der Waals surface area contributed by atoms with Crippen LogP contribution >= 0.6 is 0 Å². The number of benzene rings is 1. The summed E-state index contributed by atoms with van der Waals surface area (Å²) in [6.07, 6.45) is 1.87. The third kappa shape index (κ3) is 4.56. The third-order valence-corrected chi connectivity index (χ3v) is 3.75. The molecule has 1 aromatic rings. The maximum atomic E-state index is 11.9. The van der Waals surface area contributed by atoms with Crippen molar-refractivity contribution in [2.24, 2.45) is 11.8 Å². The van der Waals surface area contributed by atoms with Gasteiger partial charge in [-0.25, -0.2) is 0 Å². The Morgan fingerprint density at radius 2 is 1.86 bits per heavy atom. The first-order chi connectivity index (χ1) is 10.1. The van der Waals surface area contributed by atoms with Crippen molar-refractivity contribution in [3.63, 3.8) is 0 Å². The van der Waals surface area contributed by atoms with Crippen molar-refractivity contribution in [3.8, 4) is 0 Å². The van der Waals surface area contributed by atoms with E-state index in [2.05, 4.69) is 22.9 Å². The maximum absolute atomic E-state index is 11.9. The van der Waals surface area contributed by atoms with Gasteiger partial charge in [0.25, 0.3) is 5.91 Å². The van der Waals surface area contributed by atoms with Crippen LogP contribution in [-0.2, 0) is 4.79 Å². The van der Waals surface area contributed by atoms with Crippen LogP contribution in [0.15, 0.2) is 24.3 Å². The van der Waals surface area contributed by atoms with Gasteiger partial charge in [-0.15, -0.1) is 0 Å². The van der Waals surface area contributed by atoms with Gasteiger partial charge in [0.2, 0.25) is 5.91 Å². The van der Waals surface area contributed by atoms with E-state index in [1.54, 1.807) is 24.3 Å². The van der Waals surface area contributed by atoms with E-state index in [1.165, 1.54) is 0 Å². The molecular weight excluding hydrogens is 266 g/mol. The van der Waals surface area contributed by atoms with Crippen LogP contribution in [-0.4, -0.2) is 32.0 Å². The van der Waals surface area contributed by atoms with Gasteiger partial charge >= 0.3 is 0 Å². The van der Waals surface area contributed by atoms with Crippen LogP contribution in [0.4, 0.5) is 5.69 Å². The summed E-state index contributed by atoms with van der Waals surface area (Å²) in [6.45, 7) is 3.61. The van der Waals surface area contributed by atoms with Crippen molar-refractivity contribution in [2.75, 3.05) is 25.5 Å². The fraction of sp³-hybridized carbons (Fsp3) is 0.500. The van der Waals surface area contributed by atoms with Crippen LogP contribution in [0, 0.1) is 11.8 Å². The second kappa shape index (κ2) is 7.22. The molecule has 1 aliphatic carbocycles. The topological polar surface area (TPSA) is 70.2 Å². The molecule has 5 nitrogen and oxygen atoms in total. The van der Waals surface area contributed by atoms with E-state index >= 15 is 0 Å². The van der Waals surface area contributed by atoms with Gasteiger partial charge in [-0.3, -0.25) is 9.59 Å². The first-order valence-electron chi connectivity index (χ1n) is 7.45. The standard InChI is InChI=1S/C16H23N3O2/c1-11-10-14(11)16(21)19-13-6-4-12(5-7-13)15(20)18-9-3-8-17-2/h4-7,11,14,17H,3,8-10H2,1-2H3,(H,18,20)(H,19,21).